The first kappa shape index (κ1) is 20.5. The first-order valence-corrected chi connectivity index (χ1v) is 9.33. The molecule has 0 bridgehead atoms. The van der Waals surface area contributed by atoms with E-state index in [-0.39, 0.29) is 5.91 Å². The first-order valence-electron chi connectivity index (χ1n) is 8.92. The summed E-state index contributed by atoms with van der Waals surface area (Å²) in [6.07, 6.45) is 0. The van der Waals surface area contributed by atoms with Crippen LogP contribution in [0.25, 0.3) is 0 Å². The number of allylic oxidation sites excluding steroid dienone is 1. The Bertz CT molecular complexity index is 957. The van der Waals surface area contributed by atoms with Crippen molar-refractivity contribution in [1.29, 1.82) is 0 Å². The van der Waals surface area contributed by atoms with Gasteiger partial charge < -0.3 is 30.2 Å². The molecule has 1 amide bonds. The van der Waals surface area contributed by atoms with Crippen LogP contribution in [0.2, 0.25) is 0 Å². The zero-order valence-electron chi connectivity index (χ0n) is 16.7. The van der Waals surface area contributed by atoms with Gasteiger partial charge in [-0.05, 0) is 61.1 Å². The Morgan fingerprint density at radius 1 is 1.00 bits per heavy atom. The summed E-state index contributed by atoms with van der Waals surface area (Å²) in [4.78, 5) is 13.1. The van der Waals surface area contributed by atoms with E-state index in [0.29, 0.717) is 39.3 Å². The Hall–Kier alpha value is -3.26. The number of hydrogen-bond acceptors (Lipinski definition) is 5. The predicted octanol–water partition coefficient (Wildman–Crippen LogP) is 3.14. The lowest BCUT2D eigenvalue weighted by atomic mass is 9.94. The summed E-state index contributed by atoms with van der Waals surface area (Å²) in [5.41, 5.74) is 2.70. The van der Waals surface area contributed by atoms with E-state index < -0.39 is 6.04 Å². The predicted molar refractivity (Wildman–Crippen MR) is 115 cm³/mol. The number of benzene rings is 2. The van der Waals surface area contributed by atoms with Crippen LogP contribution in [0.3, 0.4) is 0 Å². The van der Waals surface area contributed by atoms with Crippen LogP contribution in [0.1, 0.15) is 18.5 Å². The second kappa shape index (κ2) is 8.83. The average molecular weight is 413 g/mol. The first-order chi connectivity index (χ1) is 14.0. The van der Waals surface area contributed by atoms with Gasteiger partial charge in [-0.15, -0.1) is 0 Å². The van der Waals surface area contributed by atoms with Crippen LogP contribution < -0.4 is 30.2 Å². The van der Waals surface area contributed by atoms with Gasteiger partial charge in [-0.3, -0.25) is 4.79 Å². The van der Waals surface area contributed by atoms with Gasteiger partial charge in [0.2, 0.25) is 0 Å². The number of nitrogens with one attached hydrogen (secondary N) is 3. The van der Waals surface area contributed by atoms with Crippen molar-refractivity contribution >= 4 is 28.9 Å². The van der Waals surface area contributed by atoms with E-state index >= 15 is 0 Å². The van der Waals surface area contributed by atoms with E-state index in [1.807, 2.05) is 19.1 Å². The highest BCUT2D eigenvalue weighted by Gasteiger charge is 2.30. The minimum atomic E-state index is -0.443. The number of rotatable bonds is 6. The van der Waals surface area contributed by atoms with Crippen LogP contribution in [0.5, 0.6) is 17.2 Å². The van der Waals surface area contributed by atoms with Gasteiger partial charge in [-0.1, -0.05) is 6.07 Å². The van der Waals surface area contributed by atoms with Crippen molar-refractivity contribution in [2.75, 3.05) is 26.6 Å². The van der Waals surface area contributed by atoms with Crippen LogP contribution in [-0.2, 0) is 4.79 Å². The number of anilines is 1. The lowest BCUT2D eigenvalue weighted by Gasteiger charge is -2.30. The van der Waals surface area contributed by atoms with Crippen molar-refractivity contribution in [1.82, 2.24) is 10.6 Å². The summed E-state index contributed by atoms with van der Waals surface area (Å²) in [6, 6.07) is 12.2. The van der Waals surface area contributed by atoms with Crippen molar-refractivity contribution in [2.24, 2.45) is 0 Å². The minimum Gasteiger partial charge on any atom is -0.497 e. The van der Waals surface area contributed by atoms with E-state index in [2.05, 4.69) is 16.0 Å². The largest absolute Gasteiger partial charge is 0.497 e. The van der Waals surface area contributed by atoms with Gasteiger partial charge in [-0.25, -0.2) is 0 Å². The number of amides is 1. The van der Waals surface area contributed by atoms with Crippen LogP contribution in [-0.4, -0.2) is 32.3 Å². The van der Waals surface area contributed by atoms with Gasteiger partial charge in [0.1, 0.15) is 5.75 Å². The molecule has 0 spiro atoms. The molecular formula is C21H23N3O4S. The molecular weight excluding hydrogens is 390 g/mol. The molecule has 0 radical (unpaired) electrons. The summed E-state index contributed by atoms with van der Waals surface area (Å²) in [5, 5.41) is 9.58. The van der Waals surface area contributed by atoms with Crippen LogP contribution in [0.4, 0.5) is 5.69 Å². The Kier molecular flexibility index (Phi) is 6.23. The van der Waals surface area contributed by atoms with Gasteiger partial charge in [0, 0.05) is 11.4 Å². The van der Waals surface area contributed by atoms with Crippen molar-refractivity contribution in [3.8, 4) is 17.2 Å². The molecule has 3 rings (SSSR count). The summed E-state index contributed by atoms with van der Waals surface area (Å²) in [7, 11) is 4.74. The molecule has 0 aromatic heterocycles. The molecule has 2 aromatic rings. The highest BCUT2D eigenvalue weighted by atomic mass is 32.1. The Morgan fingerprint density at radius 3 is 2.31 bits per heavy atom. The van der Waals surface area contributed by atoms with Crippen LogP contribution in [0.15, 0.2) is 53.7 Å². The number of hydrogen-bond donors (Lipinski definition) is 3. The maximum absolute atomic E-state index is 13.1. The smallest absolute Gasteiger partial charge is 0.255 e. The van der Waals surface area contributed by atoms with Crippen LogP contribution in [0, 0.1) is 0 Å². The molecule has 8 heteroatoms. The number of thiocarbonyl (C=S) groups is 1. The van der Waals surface area contributed by atoms with E-state index in [9.17, 15) is 4.79 Å². The molecule has 1 aliphatic rings. The van der Waals surface area contributed by atoms with Crippen LogP contribution >= 0.6 is 12.2 Å². The highest BCUT2D eigenvalue weighted by Crippen LogP contribution is 2.34. The third kappa shape index (κ3) is 4.43. The van der Waals surface area contributed by atoms with Gasteiger partial charge in [0.05, 0.1) is 32.9 Å². The number of methoxy groups -OCH3 is 3. The van der Waals surface area contributed by atoms with Gasteiger partial charge >= 0.3 is 0 Å². The molecule has 1 aliphatic heterocycles. The monoisotopic (exact) mass is 413 g/mol. The molecule has 2 aromatic carbocycles. The number of carbonyl (C=O) groups is 1. The highest BCUT2D eigenvalue weighted by molar-refractivity contribution is 7.80. The third-order valence-corrected chi connectivity index (χ3v) is 4.82. The molecule has 0 unspecified atom stereocenters. The van der Waals surface area contributed by atoms with E-state index in [1.165, 1.54) is 0 Å². The fourth-order valence-corrected chi connectivity index (χ4v) is 3.42. The molecule has 1 atom stereocenters. The fraction of sp³-hybridized carbons (Fsp3) is 0.238. The second-order valence-electron chi connectivity index (χ2n) is 6.37. The Balaban J connectivity index is 1.94. The zero-order chi connectivity index (χ0) is 21.0. The number of carbonyl (C=O) groups excluding carboxylic acids is 1. The Labute approximate surface area is 175 Å². The molecule has 3 N–H and O–H groups in total. The van der Waals surface area contributed by atoms with Crippen molar-refractivity contribution in [3.63, 3.8) is 0 Å². The van der Waals surface area contributed by atoms with Gasteiger partial charge in [-0.2, -0.15) is 0 Å². The molecule has 29 heavy (non-hydrogen) atoms. The maximum Gasteiger partial charge on any atom is 0.255 e. The van der Waals surface area contributed by atoms with Gasteiger partial charge in [0.25, 0.3) is 5.91 Å². The zero-order valence-corrected chi connectivity index (χ0v) is 17.5. The summed E-state index contributed by atoms with van der Waals surface area (Å²) < 4.78 is 15.9. The average Bonchev–Trinajstić information content (AvgIpc) is 2.73. The number of ether oxygens (including phenoxy) is 3. The molecule has 152 valence electrons. The summed E-state index contributed by atoms with van der Waals surface area (Å²) in [5.74, 6) is 1.66. The summed E-state index contributed by atoms with van der Waals surface area (Å²) >= 11 is 5.31. The van der Waals surface area contributed by atoms with E-state index in [1.54, 1.807) is 51.7 Å². The molecule has 1 heterocycles. The normalized spacial score (nSPS) is 15.9. The van der Waals surface area contributed by atoms with Crippen molar-refractivity contribution in [3.05, 3.63) is 59.3 Å². The van der Waals surface area contributed by atoms with E-state index in [0.717, 1.165) is 5.56 Å². The molecule has 7 nitrogen and oxygen atoms in total. The second-order valence-corrected chi connectivity index (χ2v) is 6.78. The lowest BCUT2D eigenvalue weighted by Crippen LogP contribution is -2.45. The summed E-state index contributed by atoms with van der Waals surface area (Å²) in [6.45, 7) is 1.82. The lowest BCUT2D eigenvalue weighted by molar-refractivity contribution is -0.113. The van der Waals surface area contributed by atoms with Crippen molar-refractivity contribution in [2.45, 2.75) is 13.0 Å². The minimum absolute atomic E-state index is 0.241. The molecule has 0 fully saturated rings. The quantitative estimate of drug-likeness (QED) is 0.628. The Morgan fingerprint density at radius 2 is 1.69 bits per heavy atom. The molecule has 0 aliphatic carbocycles. The van der Waals surface area contributed by atoms with Crippen molar-refractivity contribution < 1.29 is 19.0 Å². The maximum atomic E-state index is 13.1. The molecule has 0 saturated heterocycles. The fourth-order valence-electron chi connectivity index (χ4n) is 3.15. The molecule has 0 saturated carbocycles. The standard InChI is InChI=1S/C21H23N3O4S/c1-12-18(20(25)23-14-6-8-15(26-2)9-7-14)19(24-21(29)22-12)13-5-10-16(27-3)17(11-13)28-4/h5-11,19H,1-4H3,(H,23,25)(H2,22,24,29)/t19-/m1/s1. The van der Waals surface area contributed by atoms with E-state index in [4.69, 9.17) is 26.4 Å². The third-order valence-electron chi connectivity index (χ3n) is 4.60. The SMILES string of the molecule is COc1ccc(NC(=O)C2=C(C)NC(=S)N[C@@H]2c2ccc(OC)c(OC)c2)cc1. The van der Waals surface area contributed by atoms with Gasteiger partial charge in [0.15, 0.2) is 16.6 Å². The topological polar surface area (TPSA) is 80.9 Å².